The van der Waals surface area contributed by atoms with Gasteiger partial charge in [0.1, 0.15) is 27.3 Å². The highest BCUT2D eigenvalue weighted by molar-refractivity contribution is 7.20. The van der Waals surface area contributed by atoms with E-state index in [1.54, 1.807) is 41.5 Å². The number of hydrogen-bond donors (Lipinski definition) is 4. The van der Waals surface area contributed by atoms with Crippen LogP contribution < -0.4 is 21.7 Å². The van der Waals surface area contributed by atoms with Gasteiger partial charge >= 0.3 is 12.1 Å². The largest absolute Gasteiger partial charge is 0.457 e. The molecule has 1 aliphatic rings. The maximum absolute atomic E-state index is 13.2. The van der Waals surface area contributed by atoms with Gasteiger partial charge < -0.3 is 30.7 Å². The third kappa shape index (κ3) is 8.54. The van der Waals surface area contributed by atoms with Gasteiger partial charge in [-0.1, -0.05) is 28.1 Å². The number of nitrogens with zero attached hydrogens (tertiary/aromatic N) is 2. The predicted octanol–water partition coefficient (Wildman–Crippen LogP) is 1.93. The fourth-order valence-corrected chi connectivity index (χ4v) is 3.73. The van der Waals surface area contributed by atoms with Gasteiger partial charge in [0, 0.05) is 6.54 Å². The topological polar surface area (TPSA) is 183 Å². The van der Waals surface area contributed by atoms with Crippen LogP contribution in [0.2, 0.25) is 4.34 Å². The fraction of sp³-hybridized carbons (Fsp3) is 0.636. The molecule has 1 aromatic heterocycles. The molecule has 0 saturated carbocycles. The van der Waals surface area contributed by atoms with Crippen molar-refractivity contribution in [3.8, 4) is 0 Å². The number of nitrogens with one attached hydrogen (secondary N) is 3. The van der Waals surface area contributed by atoms with Gasteiger partial charge in [0.2, 0.25) is 11.5 Å². The summed E-state index contributed by atoms with van der Waals surface area (Å²) in [4.78, 5) is 59.4. The molecule has 1 fully saturated rings. The number of amides is 3. The van der Waals surface area contributed by atoms with Crippen molar-refractivity contribution >= 4 is 57.7 Å². The number of carbonyl (C=O) groups excluding carboxylic acids is 4. The van der Waals surface area contributed by atoms with E-state index in [9.17, 15) is 19.2 Å². The highest BCUT2D eigenvalue weighted by atomic mass is 35.5. The van der Waals surface area contributed by atoms with Crippen molar-refractivity contribution in [3.63, 3.8) is 0 Å². The summed E-state index contributed by atoms with van der Waals surface area (Å²) in [6, 6.07) is -1.40. The molecule has 1 aromatic rings. The summed E-state index contributed by atoms with van der Waals surface area (Å²) in [7, 11) is 0. The first-order valence-corrected chi connectivity index (χ1v) is 12.5. The number of carbonyl (C=O) groups is 4. The Morgan fingerprint density at radius 2 is 1.70 bits per heavy atom. The van der Waals surface area contributed by atoms with Crippen LogP contribution in [0.25, 0.3) is 0 Å². The number of nitrogens with two attached hydrogens (primary N) is 1. The van der Waals surface area contributed by atoms with Gasteiger partial charge in [0.25, 0.3) is 5.91 Å². The van der Waals surface area contributed by atoms with Gasteiger partial charge in [0.15, 0.2) is 10.8 Å². The molecule has 37 heavy (non-hydrogen) atoms. The minimum Gasteiger partial charge on any atom is -0.457 e. The molecule has 0 aromatic carbocycles. The SMILES string of the molecule is CC(C)(C)OC(=O)Nc1nc(/C(=N/OC(C)(C)C(=O)OC(C)(C)C)C(=O)N[C@H]2C(=O)N[C@H]2CN)c(Cl)s1. The number of β-lactam (4-membered cyclic amide) rings is 1. The molecule has 0 unspecified atom stereocenters. The molecule has 15 heteroatoms. The van der Waals surface area contributed by atoms with Crippen LogP contribution in [0.3, 0.4) is 0 Å². The van der Waals surface area contributed by atoms with Crippen molar-refractivity contribution in [1.82, 2.24) is 15.6 Å². The Bertz CT molecular complexity index is 1090. The number of anilines is 1. The van der Waals surface area contributed by atoms with E-state index in [1.165, 1.54) is 13.8 Å². The zero-order chi connectivity index (χ0) is 28.3. The van der Waals surface area contributed by atoms with Crippen LogP contribution >= 0.6 is 22.9 Å². The zero-order valence-corrected chi connectivity index (χ0v) is 23.5. The summed E-state index contributed by atoms with van der Waals surface area (Å²) >= 11 is 7.17. The highest BCUT2D eigenvalue weighted by Gasteiger charge is 2.41. The van der Waals surface area contributed by atoms with Crippen LogP contribution in [0.15, 0.2) is 5.16 Å². The van der Waals surface area contributed by atoms with E-state index in [0.717, 1.165) is 11.3 Å². The average Bonchev–Trinajstić information content (AvgIpc) is 3.06. The highest BCUT2D eigenvalue weighted by Crippen LogP contribution is 2.30. The van der Waals surface area contributed by atoms with E-state index in [1.807, 2.05) is 0 Å². The normalized spacial score (nSPS) is 18.3. The quantitative estimate of drug-likeness (QED) is 0.160. The summed E-state index contributed by atoms with van der Waals surface area (Å²) in [6.07, 6.45) is -0.786. The van der Waals surface area contributed by atoms with Gasteiger partial charge in [0.05, 0.1) is 6.04 Å². The lowest BCUT2D eigenvalue weighted by atomic mass is 9.99. The standard InChI is InChI=1S/C22H33ClN6O7S/c1-20(2,3)34-17(32)22(7,8)36-29-13(16(31)26-11-10(9-24)25-15(11)30)12-14(23)37-18(27-12)28-19(33)35-21(4,5)6/h10-11H,9,24H2,1-8H3,(H,25,30)(H,26,31)(H,27,28,33)/b29-13-/t10-,11+/m0/s1. The summed E-state index contributed by atoms with van der Waals surface area (Å²) in [6.45, 7) is 13.0. The molecule has 206 valence electrons. The van der Waals surface area contributed by atoms with E-state index < -0.39 is 58.5 Å². The first-order chi connectivity index (χ1) is 16.8. The predicted molar refractivity (Wildman–Crippen MR) is 137 cm³/mol. The molecular formula is C22H33ClN6O7S. The first-order valence-electron chi connectivity index (χ1n) is 11.3. The summed E-state index contributed by atoms with van der Waals surface area (Å²) in [5.74, 6) is -2.04. The Kier molecular flexibility index (Phi) is 9.15. The number of aromatic nitrogens is 1. The molecule has 3 amide bonds. The number of thiazole rings is 1. The lowest BCUT2D eigenvalue weighted by Crippen LogP contribution is -2.71. The third-order valence-corrected chi connectivity index (χ3v) is 5.61. The van der Waals surface area contributed by atoms with E-state index in [2.05, 4.69) is 26.1 Å². The Hall–Kier alpha value is -2.97. The van der Waals surface area contributed by atoms with Crippen molar-refractivity contribution in [3.05, 3.63) is 10.0 Å². The molecular weight excluding hydrogens is 528 g/mol. The van der Waals surface area contributed by atoms with Gasteiger partial charge in [-0.2, -0.15) is 0 Å². The number of ether oxygens (including phenoxy) is 2. The van der Waals surface area contributed by atoms with Gasteiger partial charge in [-0.3, -0.25) is 14.9 Å². The minimum absolute atomic E-state index is 0.0161. The summed E-state index contributed by atoms with van der Waals surface area (Å²) in [5, 5.41) is 11.4. The van der Waals surface area contributed by atoms with Crippen LogP contribution in [0.4, 0.5) is 9.93 Å². The molecule has 0 bridgehead atoms. The maximum Gasteiger partial charge on any atom is 0.413 e. The summed E-state index contributed by atoms with van der Waals surface area (Å²) in [5.41, 5.74) is 1.86. The lowest BCUT2D eigenvalue weighted by Gasteiger charge is -2.36. The molecule has 2 heterocycles. The van der Waals surface area contributed by atoms with Crippen molar-refractivity contribution in [2.75, 3.05) is 11.9 Å². The molecule has 1 aliphatic heterocycles. The molecule has 2 rings (SSSR count). The molecule has 5 N–H and O–H groups in total. The lowest BCUT2D eigenvalue weighted by molar-refractivity contribution is -0.179. The van der Waals surface area contributed by atoms with Gasteiger partial charge in [-0.25, -0.2) is 14.6 Å². The van der Waals surface area contributed by atoms with Crippen molar-refractivity contribution in [2.45, 2.75) is 84.3 Å². The average molecular weight is 561 g/mol. The second-order valence-corrected chi connectivity index (χ2v) is 12.2. The van der Waals surface area contributed by atoms with E-state index >= 15 is 0 Å². The van der Waals surface area contributed by atoms with Crippen LogP contribution in [0.5, 0.6) is 0 Å². The zero-order valence-electron chi connectivity index (χ0n) is 22.0. The smallest absolute Gasteiger partial charge is 0.413 e. The maximum atomic E-state index is 13.2. The van der Waals surface area contributed by atoms with Gasteiger partial charge in [-0.05, 0) is 55.4 Å². The number of halogens is 1. The first kappa shape index (κ1) is 30.3. The van der Waals surface area contributed by atoms with Crippen LogP contribution in [-0.4, -0.2) is 70.0 Å². The second-order valence-electron chi connectivity index (χ2n) is 10.6. The fourth-order valence-electron chi connectivity index (χ4n) is 2.70. The molecule has 13 nitrogen and oxygen atoms in total. The Balaban J connectivity index is 2.37. The van der Waals surface area contributed by atoms with Crippen molar-refractivity contribution in [1.29, 1.82) is 0 Å². The van der Waals surface area contributed by atoms with Crippen LogP contribution in [0, 0.1) is 0 Å². The molecule has 2 atom stereocenters. The van der Waals surface area contributed by atoms with Crippen molar-refractivity contribution in [2.24, 2.45) is 10.9 Å². The second kappa shape index (κ2) is 11.2. The number of rotatable bonds is 8. The minimum atomic E-state index is -1.60. The monoisotopic (exact) mass is 560 g/mol. The molecule has 0 spiro atoms. The summed E-state index contributed by atoms with van der Waals surface area (Å²) < 4.78 is 10.5. The van der Waals surface area contributed by atoms with Crippen LogP contribution in [-0.2, 0) is 28.7 Å². The number of oxime groups is 1. The molecule has 0 aliphatic carbocycles. The Morgan fingerprint density at radius 1 is 1.11 bits per heavy atom. The third-order valence-electron chi connectivity index (χ3n) is 4.44. The van der Waals surface area contributed by atoms with Crippen LogP contribution in [0.1, 0.15) is 61.1 Å². The molecule has 0 radical (unpaired) electrons. The molecule has 1 saturated heterocycles. The van der Waals surface area contributed by atoms with E-state index in [-0.39, 0.29) is 21.7 Å². The van der Waals surface area contributed by atoms with Gasteiger partial charge in [-0.15, -0.1) is 0 Å². The Morgan fingerprint density at radius 3 is 2.22 bits per heavy atom. The van der Waals surface area contributed by atoms with E-state index in [4.69, 9.17) is 31.6 Å². The number of esters is 1. The van der Waals surface area contributed by atoms with E-state index in [0.29, 0.717) is 0 Å². The number of hydrogen-bond acceptors (Lipinski definition) is 11. The Labute approximate surface area is 223 Å². The van der Waals surface area contributed by atoms with Crippen molar-refractivity contribution < 1.29 is 33.5 Å².